The van der Waals surface area contributed by atoms with E-state index in [1.54, 1.807) is 0 Å². The molecule has 1 rings (SSSR count). The van der Waals surface area contributed by atoms with Crippen LogP contribution in [0.3, 0.4) is 0 Å². The van der Waals surface area contributed by atoms with Gasteiger partial charge in [0, 0.05) is 0 Å². The van der Waals surface area contributed by atoms with E-state index in [-0.39, 0.29) is 19.5 Å². The molecule has 18 heavy (non-hydrogen) atoms. The molecule has 0 aromatic heterocycles. The van der Waals surface area contributed by atoms with Crippen LogP contribution in [0.2, 0.25) is 0 Å². The number of benzene rings is 1. The first-order valence-electron chi connectivity index (χ1n) is 4.82. The van der Waals surface area contributed by atoms with Crippen LogP contribution in [-0.2, 0) is 40.3 Å². The molecule has 0 aliphatic rings. The average molecular weight is 335 g/mol. The number of hydrogen-bond donors (Lipinski definition) is 0. The van der Waals surface area contributed by atoms with E-state index in [4.69, 9.17) is 14.4 Å². The SMILES string of the molecule is C[C-](C)CCc1ccccc1.[CH-]=O.[CH-]=O.[CH-]=O.[Ru+4]. The van der Waals surface area contributed by atoms with Crippen molar-refractivity contribution in [2.75, 3.05) is 0 Å². The van der Waals surface area contributed by atoms with Gasteiger partial charge in [0.2, 0.25) is 0 Å². The molecule has 3 nitrogen and oxygen atoms in total. The zero-order valence-corrected chi connectivity index (χ0v) is 12.3. The van der Waals surface area contributed by atoms with E-state index in [1.807, 2.05) is 0 Å². The van der Waals surface area contributed by atoms with Crippen LogP contribution >= 0.6 is 0 Å². The normalized spacial score (nSPS) is 7.06. The molecule has 0 bridgehead atoms. The smallest absolute Gasteiger partial charge is 0.545 e. The number of aryl methyl sites for hydroxylation is 1. The van der Waals surface area contributed by atoms with Crippen molar-refractivity contribution in [3.8, 4) is 0 Å². The second-order valence-electron chi connectivity index (χ2n) is 3.19. The fraction of sp³-hybridized carbons (Fsp3) is 0.286. The molecular formula is C14H18O3Ru. The van der Waals surface area contributed by atoms with Gasteiger partial charge in [0.15, 0.2) is 0 Å². The van der Waals surface area contributed by atoms with Gasteiger partial charge in [-0.3, -0.25) is 20.4 Å². The molecule has 0 aliphatic carbocycles. The molecule has 0 saturated carbocycles. The predicted molar refractivity (Wildman–Crippen MR) is 69.6 cm³/mol. The Hall–Kier alpha value is -1.15. The fourth-order valence-electron chi connectivity index (χ4n) is 1.04. The summed E-state index contributed by atoms with van der Waals surface area (Å²) >= 11 is 0. The minimum Gasteiger partial charge on any atom is -0.545 e. The third-order valence-electron chi connectivity index (χ3n) is 1.76. The topological polar surface area (TPSA) is 51.2 Å². The van der Waals surface area contributed by atoms with Crippen LogP contribution in [0.25, 0.3) is 0 Å². The van der Waals surface area contributed by atoms with E-state index in [0.717, 1.165) is 0 Å². The first-order valence-corrected chi connectivity index (χ1v) is 4.82. The van der Waals surface area contributed by atoms with Crippen molar-refractivity contribution in [2.45, 2.75) is 26.7 Å². The predicted octanol–water partition coefficient (Wildman–Crippen LogP) is 2.41. The van der Waals surface area contributed by atoms with E-state index in [0.29, 0.717) is 0 Å². The summed E-state index contributed by atoms with van der Waals surface area (Å²) in [6.07, 6.45) is 2.40. The third-order valence-corrected chi connectivity index (χ3v) is 1.76. The molecule has 100 valence electrons. The fourth-order valence-corrected chi connectivity index (χ4v) is 1.04. The van der Waals surface area contributed by atoms with Crippen LogP contribution in [0.5, 0.6) is 0 Å². The molecule has 0 amide bonds. The standard InChI is InChI=1S/C11H15.3CHO.Ru/c1-10(2)8-9-11-6-4-3-5-7-11;3*1-2;/h3-7H,8-9H2,1-2H3;3*1H;/q4*-1;+4. The molecular weight excluding hydrogens is 317 g/mol. The van der Waals surface area contributed by atoms with Gasteiger partial charge in [0.05, 0.1) is 0 Å². The number of carbonyl (C=O) groups excluding carboxylic acids is 3. The van der Waals surface area contributed by atoms with Gasteiger partial charge < -0.3 is 20.3 Å². The molecule has 0 N–H and O–H groups in total. The zero-order valence-electron chi connectivity index (χ0n) is 10.6. The van der Waals surface area contributed by atoms with E-state index in [2.05, 4.69) is 64.5 Å². The Morgan fingerprint density at radius 3 is 1.61 bits per heavy atom. The van der Waals surface area contributed by atoms with Crippen LogP contribution in [0.1, 0.15) is 25.8 Å². The molecule has 0 aliphatic heterocycles. The molecule has 0 heterocycles. The monoisotopic (exact) mass is 336 g/mol. The van der Waals surface area contributed by atoms with E-state index < -0.39 is 0 Å². The molecule has 4 heteroatoms. The molecule has 0 saturated heterocycles. The van der Waals surface area contributed by atoms with Crippen LogP contribution in [0.4, 0.5) is 0 Å². The Labute approximate surface area is 123 Å². The average Bonchev–Trinajstić information content (AvgIpc) is 2.44. The van der Waals surface area contributed by atoms with Gasteiger partial charge in [-0.2, -0.15) is 20.3 Å². The largest absolute Gasteiger partial charge is 4.00 e. The van der Waals surface area contributed by atoms with E-state index in [1.165, 1.54) is 24.3 Å². The van der Waals surface area contributed by atoms with Gasteiger partial charge in [-0.05, 0) is 0 Å². The second-order valence-corrected chi connectivity index (χ2v) is 3.19. The first kappa shape index (κ1) is 25.6. The summed E-state index contributed by atoms with van der Waals surface area (Å²) in [6, 6.07) is 10.6. The molecule has 0 radical (unpaired) electrons. The summed E-state index contributed by atoms with van der Waals surface area (Å²) < 4.78 is 0. The molecule has 0 spiro atoms. The Kier molecular flexibility index (Phi) is 35.5. The summed E-state index contributed by atoms with van der Waals surface area (Å²) in [5.41, 5.74) is 1.44. The maximum absolute atomic E-state index is 7.75. The van der Waals surface area contributed by atoms with Gasteiger partial charge in [-0.15, -0.1) is 0 Å². The summed E-state index contributed by atoms with van der Waals surface area (Å²) in [6.45, 7) is 14.1. The number of rotatable bonds is 3. The maximum Gasteiger partial charge on any atom is 4.00 e. The summed E-state index contributed by atoms with van der Waals surface area (Å²) in [5, 5.41) is 0. The van der Waals surface area contributed by atoms with Crippen molar-refractivity contribution in [3.63, 3.8) is 0 Å². The van der Waals surface area contributed by atoms with Crippen LogP contribution in [-0.4, -0.2) is 20.4 Å². The summed E-state index contributed by atoms with van der Waals surface area (Å²) in [5.74, 6) is 1.51. The van der Waals surface area contributed by atoms with Gasteiger partial charge in [-0.1, -0.05) is 42.3 Å². The van der Waals surface area contributed by atoms with E-state index in [9.17, 15) is 0 Å². The molecule has 1 aromatic carbocycles. The van der Waals surface area contributed by atoms with Crippen molar-refractivity contribution in [1.29, 1.82) is 0 Å². The van der Waals surface area contributed by atoms with Gasteiger partial charge in [0.25, 0.3) is 0 Å². The molecule has 0 atom stereocenters. The summed E-state index contributed by atoms with van der Waals surface area (Å²) in [4.78, 5) is 23.2. The van der Waals surface area contributed by atoms with E-state index >= 15 is 0 Å². The molecule has 0 fully saturated rings. The third kappa shape index (κ3) is 20.3. The van der Waals surface area contributed by atoms with Gasteiger partial charge in [-0.25, -0.2) is 0 Å². The first-order chi connectivity index (χ1) is 8.29. The Morgan fingerprint density at radius 2 is 1.28 bits per heavy atom. The quantitative estimate of drug-likeness (QED) is 0.484. The van der Waals surface area contributed by atoms with Crippen molar-refractivity contribution in [2.24, 2.45) is 0 Å². The Bertz CT molecular complexity index is 235. The van der Waals surface area contributed by atoms with Crippen molar-refractivity contribution >= 4 is 20.4 Å². The molecule has 0 unspecified atom stereocenters. The second kappa shape index (κ2) is 24.9. The minimum atomic E-state index is 0. The van der Waals surface area contributed by atoms with Gasteiger partial charge >= 0.3 is 19.5 Å². The Morgan fingerprint density at radius 1 is 0.889 bits per heavy atom. The Balaban J connectivity index is -0.000000123. The minimum absolute atomic E-state index is 0. The van der Waals surface area contributed by atoms with Gasteiger partial charge in [0.1, 0.15) is 0 Å². The summed E-state index contributed by atoms with van der Waals surface area (Å²) in [7, 11) is 0. The van der Waals surface area contributed by atoms with Crippen molar-refractivity contribution in [3.05, 3.63) is 41.8 Å². The van der Waals surface area contributed by atoms with Crippen LogP contribution < -0.4 is 0 Å². The zero-order chi connectivity index (χ0) is 14.1. The number of hydrogen-bond acceptors (Lipinski definition) is 3. The van der Waals surface area contributed by atoms with Crippen LogP contribution in [0, 0.1) is 5.92 Å². The molecule has 1 aromatic rings. The van der Waals surface area contributed by atoms with Crippen molar-refractivity contribution < 1.29 is 33.9 Å². The van der Waals surface area contributed by atoms with Crippen LogP contribution in [0.15, 0.2) is 30.3 Å². The van der Waals surface area contributed by atoms with Crippen molar-refractivity contribution in [1.82, 2.24) is 0 Å². The maximum atomic E-state index is 7.75.